The molecule has 0 radical (unpaired) electrons. The highest BCUT2D eigenvalue weighted by Gasteiger charge is 2.06. The summed E-state index contributed by atoms with van der Waals surface area (Å²) >= 11 is 6.08. The Bertz CT molecular complexity index is 760. The molecule has 24 heavy (non-hydrogen) atoms. The molecule has 1 amide bonds. The second kappa shape index (κ2) is 8.36. The summed E-state index contributed by atoms with van der Waals surface area (Å²) in [4.78, 5) is 16.0. The number of rotatable bonds is 6. The van der Waals surface area contributed by atoms with Crippen LogP contribution in [0.25, 0.3) is 0 Å². The van der Waals surface area contributed by atoms with E-state index in [1.807, 2.05) is 44.2 Å². The van der Waals surface area contributed by atoms with E-state index in [0.717, 1.165) is 11.1 Å². The molecule has 0 bridgehead atoms. The number of nitrogens with zero attached hydrogens (tertiary/aromatic N) is 1. The van der Waals surface area contributed by atoms with Crippen LogP contribution in [0.1, 0.15) is 29.2 Å². The summed E-state index contributed by atoms with van der Waals surface area (Å²) < 4.78 is 0. The molecule has 2 aromatic rings. The van der Waals surface area contributed by atoms with Gasteiger partial charge < -0.3 is 15.3 Å². The first kappa shape index (κ1) is 17.8. The number of hydrogen-bond acceptors (Lipinski definition) is 3. The quantitative estimate of drug-likeness (QED) is 0.603. The Balaban J connectivity index is 2.04. The Morgan fingerprint density at radius 3 is 2.79 bits per heavy atom. The van der Waals surface area contributed by atoms with Crippen molar-refractivity contribution in [2.24, 2.45) is 5.16 Å². The lowest BCUT2D eigenvalue weighted by molar-refractivity contribution is 0.130. The van der Waals surface area contributed by atoms with E-state index in [-0.39, 0.29) is 6.54 Å². The van der Waals surface area contributed by atoms with E-state index in [1.54, 1.807) is 12.1 Å². The van der Waals surface area contributed by atoms with Crippen LogP contribution in [0.2, 0.25) is 5.02 Å². The number of nitrogens with one attached hydrogen (secondary N) is 1. The SMILES string of the molecule is C/C(=N\OCc1cccc(C)c1)c1ccc(Cl)c(CNC(=O)O)c1. The van der Waals surface area contributed by atoms with E-state index in [9.17, 15) is 4.79 Å². The van der Waals surface area contributed by atoms with Gasteiger partial charge in [-0.2, -0.15) is 0 Å². The normalized spacial score (nSPS) is 11.2. The highest BCUT2D eigenvalue weighted by Crippen LogP contribution is 2.18. The molecule has 0 aliphatic carbocycles. The molecule has 0 aliphatic rings. The molecule has 6 heteroatoms. The molecule has 0 fully saturated rings. The highest BCUT2D eigenvalue weighted by atomic mass is 35.5. The van der Waals surface area contributed by atoms with Gasteiger partial charge in [0.15, 0.2) is 0 Å². The molecule has 2 aromatic carbocycles. The topological polar surface area (TPSA) is 70.9 Å². The zero-order chi connectivity index (χ0) is 17.5. The number of amides is 1. The molecule has 2 rings (SSSR count). The number of carbonyl (C=O) groups is 1. The van der Waals surface area contributed by atoms with E-state index in [2.05, 4.69) is 10.5 Å². The van der Waals surface area contributed by atoms with Gasteiger partial charge in [0.2, 0.25) is 0 Å². The fourth-order valence-corrected chi connectivity index (χ4v) is 2.35. The molecule has 2 N–H and O–H groups in total. The summed E-state index contributed by atoms with van der Waals surface area (Å²) in [6.45, 7) is 4.38. The molecule has 0 saturated heterocycles. The van der Waals surface area contributed by atoms with Gasteiger partial charge in [-0.3, -0.25) is 0 Å². The van der Waals surface area contributed by atoms with E-state index >= 15 is 0 Å². The second-order valence-corrected chi connectivity index (χ2v) is 5.81. The van der Waals surface area contributed by atoms with Gasteiger partial charge in [-0.05, 0) is 42.7 Å². The number of hydrogen-bond donors (Lipinski definition) is 2. The van der Waals surface area contributed by atoms with Gasteiger partial charge in [0.25, 0.3) is 0 Å². The Labute approximate surface area is 145 Å². The number of benzene rings is 2. The van der Waals surface area contributed by atoms with E-state index in [1.165, 1.54) is 5.56 Å². The molecule has 0 unspecified atom stereocenters. The lowest BCUT2D eigenvalue weighted by Crippen LogP contribution is -2.20. The van der Waals surface area contributed by atoms with Crippen molar-refractivity contribution in [2.45, 2.75) is 27.0 Å². The molecular weight excluding hydrogens is 328 g/mol. The minimum atomic E-state index is -1.09. The smallest absolute Gasteiger partial charge is 0.404 e. The number of carboxylic acid groups (broad SMARTS) is 1. The summed E-state index contributed by atoms with van der Waals surface area (Å²) in [5, 5.41) is 15.6. The zero-order valence-corrected chi connectivity index (χ0v) is 14.3. The van der Waals surface area contributed by atoms with Crippen molar-refractivity contribution in [1.29, 1.82) is 0 Å². The third kappa shape index (κ3) is 5.28. The summed E-state index contributed by atoms with van der Waals surface area (Å²) in [7, 11) is 0. The van der Waals surface area contributed by atoms with E-state index in [4.69, 9.17) is 21.5 Å². The maximum atomic E-state index is 10.6. The molecule has 0 atom stereocenters. The summed E-state index contributed by atoms with van der Waals surface area (Å²) in [6.07, 6.45) is -1.09. The monoisotopic (exact) mass is 346 g/mol. The Morgan fingerprint density at radius 2 is 2.08 bits per heavy atom. The largest absolute Gasteiger partial charge is 0.465 e. The fraction of sp³-hybridized carbons (Fsp3) is 0.222. The predicted octanol–water partition coefficient (Wildman–Crippen LogP) is 4.36. The molecule has 0 heterocycles. The highest BCUT2D eigenvalue weighted by molar-refractivity contribution is 6.31. The van der Waals surface area contributed by atoms with Gasteiger partial charge >= 0.3 is 6.09 Å². The van der Waals surface area contributed by atoms with Crippen molar-refractivity contribution in [3.05, 3.63) is 69.7 Å². The molecule has 0 aliphatic heterocycles. The van der Waals surface area contributed by atoms with Crippen molar-refractivity contribution < 1.29 is 14.7 Å². The van der Waals surface area contributed by atoms with Crippen LogP contribution in [0.15, 0.2) is 47.6 Å². The van der Waals surface area contributed by atoms with Crippen molar-refractivity contribution in [3.63, 3.8) is 0 Å². The molecule has 126 valence electrons. The van der Waals surface area contributed by atoms with Crippen LogP contribution in [0.5, 0.6) is 0 Å². The molecule has 0 spiro atoms. The van der Waals surface area contributed by atoms with Crippen LogP contribution in [0.3, 0.4) is 0 Å². The minimum Gasteiger partial charge on any atom is -0.465 e. The van der Waals surface area contributed by atoms with Crippen molar-refractivity contribution in [1.82, 2.24) is 5.32 Å². The van der Waals surface area contributed by atoms with Crippen LogP contribution in [-0.2, 0) is 18.0 Å². The third-order valence-electron chi connectivity index (χ3n) is 3.41. The van der Waals surface area contributed by atoms with Crippen LogP contribution < -0.4 is 5.32 Å². The van der Waals surface area contributed by atoms with Crippen LogP contribution in [-0.4, -0.2) is 16.9 Å². The standard InChI is InChI=1S/C18H19ClN2O3/c1-12-4-3-5-14(8-12)11-24-21-13(2)15-6-7-17(19)16(9-15)10-20-18(22)23/h3-9,20H,10-11H2,1-2H3,(H,22,23)/b21-13+. The summed E-state index contributed by atoms with van der Waals surface area (Å²) in [5.41, 5.74) is 4.42. The number of oxime groups is 1. The molecular formula is C18H19ClN2O3. The number of halogens is 1. The number of aryl methyl sites for hydroxylation is 1. The van der Waals surface area contributed by atoms with Crippen molar-refractivity contribution in [2.75, 3.05) is 0 Å². The molecule has 0 saturated carbocycles. The Morgan fingerprint density at radius 1 is 1.29 bits per heavy atom. The van der Waals surface area contributed by atoms with Gasteiger partial charge in [0.1, 0.15) is 6.61 Å². The van der Waals surface area contributed by atoms with Gasteiger partial charge in [-0.25, -0.2) is 4.79 Å². The van der Waals surface area contributed by atoms with E-state index in [0.29, 0.717) is 22.9 Å². The Hall–Kier alpha value is -2.53. The average Bonchev–Trinajstić information content (AvgIpc) is 2.54. The van der Waals surface area contributed by atoms with Crippen molar-refractivity contribution in [3.8, 4) is 0 Å². The maximum Gasteiger partial charge on any atom is 0.404 e. The van der Waals surface area contributed by atoms with Crippen LogP contribution >= 0.6 is 11.6 Å². The predicted molar refractivity (Wildman–Crippen MR) is 94.5 cm³/mol. The zero-order valence-electron chi connectivity index (χ0n) is 13.5. The minimum absolute atomic E-state index is 0.138. The second-order valence-electron chi connectivity index (χ2n) is 5.40. The fourth-order valence-electron chi connectivity index (χ4n) is 2.16. The van der Waals surface area contributed by atoms with Crippen molar-refractivity contribution >= 4 is 23.4 Å². The summed E-state index contributed by atoms with van der Waals surface area (Å²) in [5.74, 6) is 0. The molecule has 5 nitrogen and oxygen atoms in total. The van der Waals surface area contributed by atoms with Gasteiger partial charge in [-0.1, -0.05) is 52.7 Å². The Kier molecular flexibility index (Phi) is 6.21. The summed E-state index contributed by atoms with van der Waals surface area (Å²) in [6, 6.07) is 13.4. The van der Waals surface area contributed by atoms with Gasteiger partial charge in [0.05, 0.1) is 5.71 Å². The average molecular weight is 347 g/mol. The first-order chi connectivity index (χ1) is 11.5. The first-order valence-corrected chi connectivity index (χ1v) is 7.81. The van der Waals surface area contributed by atoms with Gasteiger partial charge in [-0.15, -0.1) is 0 Å². The van der Waals surface area contributed by atoms with Crippen LogP contribution in [0, 0.1) is 6.92 Å². The lowest BCUT2D eigenvalue weighted by Gasteiger charge is -2.08. The van der Waals surface area contributed by atoms with E-state index < -0.39 is 6.09 Å². The first-order valence-electron chi connectivity index (χ1n) is 7.43. The lowest BCUT2D eigenvalue weighted by atomic mass is 10.1. The van der Waals surface area contributed by atoms with Gasteiger partial charge in [0, 0.05) is 11.6 Å². The third-order valence-corrected chi connectivity index (χ3v) is 3.78. The molecule has 0 aromatic heterocycles. The van der Waals surface area contributed by atoms with Crippen LogP contribution in [0.4, 0.5) is 4.79 Å². The maximum absolute atomic E-state index is 10.6.